The second kappa shape index (κ2) is 7.15. The Bertz CT molecular complexity index is 850. The van der Waals surface area contributed by atoms with Crippen LogP contribution in [0.2, 0.25) is 0 Å². The third-order valence-corrected chi connectivity index (χ3v) is 4.54. The zero-order chi connectivity index (χ0) is 18.0. The van der Waals surface area contributed by atoms with Crippen LogP contribution in [0.25, 0.3) is 6.08 Å². The van der Waals surface area contributed by atoms with E-state index in [1.165, 1.54) is 11.8 Å². The number of methoxy groups -OCH3 is 1. The maximum Gasteiger partial charge on any atom is 0.283 e. The fraction of sp³-hybridized carbons (Fsp3) is 0.200. The van der Waals surface area contributed by atoms with Crippen molar-refractivity contribution in [2.75, 3.05) is 18.3 Å². The smallest absolute Gasteiger partial charge is 0.283 e. The van der Waals surface area contributed by atoms with Gasteiger partial charge in [-0.05, 0) is 67.1 Å². The topological polar surface area (TPSA) is 41.9 Å². The van der Waals surface area contributed by atoms with E-state index >= 15 is 0 Å². The number of hydrogen-bond acceptors (Lipinski definition) is 4. The van der Waals surface area contributed by atoms with Crippen molar-refractivity contribution in [1.29, 1.82) is 0 Å². The van der Waals surface area contributed by atoms with Gasteiger partial charge in [-0.2, -0.15) is 0 Å². The highest BCUT2D eigenvalue weighted by Gasteiger charge is 2.31. The monoisotopic (exact) mass is 352 g/mol. The van der Waals surface area contributed by atoms with Gasteiger partial charge in [-0.3, -0.25) is 9.69 Å². The number of amides is 1. The molecule has 0 unspecified atom stereocenters. The zero-order valence-electron chi connectivity index (χ0n) is 14.7. The Labute approximate surface area is 152 Å². The molecule has 4 nitrogen and oxygen atoms in total. The van der Waals surface area contributed by atoms with Gasteiger partial charge >= 0.3 is 0 Å². The van der Waals surface area contributed by atoms with Crippen molar-refractivity contribution in [2.45, 2.75) is 13.8 Å². The van der Waals surface area contributed by atoms with E-state index < -0.39 is 0 Å². The van der Waals surface area contributed by atoms with Gasteiger partial charge in [0.25, 0.3) is 5.91 Å². The minimum atomic E-state index is -0.106. The molecule has 0 fully saturated rings. The molecular weight excluding hydrogens is 332 g/mol. The number of ether oxygens (including phenoxy) is 1. The van der Waals surface area contributed by atoms with E-state index in [1.54, 1.807) is 18.1 Å². The number of thioether (sulfide) groups is 1. The lowest BCUT2D eigenvalue weighted by atomic mass is 10.1. The fourth-order valence-electron chi connectivity index (χ4n) is 2.80. The van der Waals surface area contributed by atoms with E-state index in [0.717, 1.165) is 28.1 Å². The summed E-state index contributed by atoms with van der Waals surface area (Å²) in [5.74, 6) is 0.676. The van der Waals surface area contributed by atoms with Crippen LogP contribution in [0.5, 0.6) is 5.75 Å². The van der Waals surface area contributed by atoms with Crippen LogP contribution < -0.4 is 9.64 Å². The first-order chi connectivity index (χ1) is 12.0. The highest BCUT2D eigenvalue weighted by Crippen LogP contribution is 2.30. The summed E-state index contributed by atoms with van der Waals surface area (Å²) in [5.41, 5.74) is 4.45. The lowest BCUT2D eigenvalue weighted by Gasteiger charge is -2.18. The Kier molecular flexibility index (Phi) is 4.95. The summed E-state index contributed by atoms with van der Waals surface area (Å²) < 4.78 is 5.17. The van der Waals surface area contributed by atoms with E-state index in [4.69, 9.17) is 4.74 Å². The van der Waals surface area contributed by atoms with Gasteiger partial charge in [0.2, 0.25) is 0 Å². The number of aryl methyl sites for hydroxylation is 2. The summed E-state index contributed by atoms with van der Waals surface area (Å²) in [6, 6.07) is 13.7. The summed E-state index contributed by atoms with van der Waals surface area (Å²) in [4.78, 5) is 19.1. The van der Waals surface area contributed by atoms with Crippen molar-refractivity contribution in [3.63, 3.8) is 0 Å². The number of rotatable bonds is 3. The molecule has 2 aromatic carbocycles. The zero-order valence-corrected chi connectivity index (χ0v) is 15.6. The largest absolute Gasteiger partial charge is 0.497 e. The first-order valence-corrected chi connectivity index (χ1v) is 9.15. The molecule has 1 aliphatic heterocycles. The summed E-state index contributed by atoms with van der Waals surface area (Å²) in [5, 5.41) is 0.690. The minimum absolute atomic E-state index is 0.106. The van der Waals surface area contributed by atoms with Crippen LogP contribution in [0.1, 0.15) is 16.7 Å². The SMILES string of the molecule is COc1ccc(C=C2N=C(SC)N(c3cc(C)cc(C)c3)C2=O)cc1. The third-order valence-electron chi connectivity index (χ3n) is 3.90. The van der Waals surface area contributed by atoms with Crippen molar-refractivity contribution in [1.82, 2.24) is 0 Å². The molecule has 0 bridgehead atoms. The van der Waals surface area contributed by atoms with Crippen molar-refractivity contribution in [2.24, 2.45) is 4.99 Å². The number of aliphatic imine (C=N–C) groups is 1. The Morgan fingerprint density at radius 1 is 1.08 bits per heavy atom. The van der Waals surface area contributed by atoms with Crippen molar-refractivity contribution < 1.29 is 9.53 Å². The standard InChI is InChI=1S/C20H20N2O2S/c1-13-9-14(2)11-16(10-13)22-19(23)18(21-20(22)25-4)12-15-5-7-17(24-3)8-6-15/h5-12H,1-4H3. The fourth-order valence-corrected chi connectivity index (χ4v) is 3.36. The van der Waals surface area contributed by atoms with E-state index in [9.17, 15) is 4.79 Å². The molecule has 5 heteroatoms. The molecule has 128 valence electrons. The molecule has 0 atom stereocenters. The molecule has 2 aromatic rings. The van der Waals surface area contributed by atoms with Gasteiger partial charge in [-0.1, -0.05) is 30.0 Å². The summed E-state index contributed by atoms with van der Waals surface area (Å²) >= 11 is 1.47. The maximum atomic E-state index is 12.9. The molecule has 0 spiro atoms. The summed E-state index contributed by atoms with van der Waals surface area (Å²) in [6.45, 7) is 4.06. The lowest BCUT2D eigenvalue weighted by molar-refractivity contribution is -0.113. The average Bonchev–Trinajstić information content (AvgIpc) is 2.90. The Morgan fingerprint density at radius 2 is 1.72 bits per heavy atom. The predicted octanol–water partition coefficient (Wildman–Crippen LogP) is 4.42. The quantitative estimate of drug-likeness (QED) is 0.768. The van der Waals surface area contributed by atoms with E-state index in [2.05, 4.69) is 11.1 Å². The molecule has 1 amide bonds. The molecule has 1 aliphatic rings. The average molecular weight is 352 g/mol. The van der Waals surface area contributed by atoms with Gasteiger partial charge in [-0.25, -0.2) is 4.99 Å². The second-order valence-electron chi connectivity index (χ2n) is 5.89. The number of anilines is 1. The number of hydrogen-bond donors (Lipinski definition) is 0. The molecule has 0 saturated heterocycles. The summed E-state index contributed by atoms with van der Waals surface area (Å²) in [6.07, 6.45) is 3.73. The van der Waals surface area contributed by atoms with Gasteiger partial charge in [0, 0.05) is 0 Å². The van der Waals surface area contributed by atoms with Crippen LogP contribution in [0.15, 0.2) is 53.2 Å². The molecule has 0 aliphatic carbocycles. The number of amidine groups is 1. The second-order valence-corrected chi connectivity index (χ2v) is 6.66. The Hall–Kier alpha value is -2.53. The van der Waals surface area contributed by atoms with Crippen LogP contribution in [0.4, 0.5) is 5.69 Å². The minimum Gasteiger partial charge on any atom is -0.497 e. The van der Waals surface area contributed by atoms with Gasteiger partial charge in [0.1, 0.15) is 11.4 Å². The maximum absolute atomic E-state index is 12.9. The highest BCUT2D eigenvalue weighted by molar-refractivity contribution is 8.13. The van der Waals surface area contributed by atoms with Crippen molar-refractivity contribution in [3.05, 3.63) is 64.9 Å². The van der Waals surface area contributed by atoms with Crippen LogP contribution in [0, 0.1) is 13.8 Å². The van der Waals surface area contributed by atoms with Crippen LogP contribution in [-0.4, -0.2) is 24.4 Å². The molecular formula is C20H20N2O2S. The van der Waals surface area contributed by atoms with Gasteiger partial charge in [0.15, 0.2) is 5.17 Å². The van der Waals surface area contributed by atoms with Gasteiger partial charge in [-0.15, -0.1) is 0 Å². The molecule has 1 heterocycles. The van der Waals surface area contributed by atoms with E-state index in [0.29, 0.717) is 10.9 Å². The highest BCUT2D eigenvalue weighted by atomic mass is 32.2. The van der Waals surface area contributed by atoms with E-state index in [-0.39, 0.29) is 5.91 Å². The predicted molar refractivity (Wildman–Crippen MR) is 105 cm³/mol. The van der Waals surface area contributed by atoms with Crippen molar-refractivity contribution in [3.8, 4) is 5.75 Å². The molecule has 25 heavy (non-hydrogen) atoms. The number of benzene rings is 2. The molecule has 0 saturated carbocycles. The number of carbonyl (C=O) groups is 1. The molecule has 3 rings (SSSR count). The Balaban J connectivity index is 1.97. The van der Waals surface area contributed by atoms with Gasteiger partial charge < -0.3 is 4.74 Å². The van der Waals surface area contributed by atoms with Gasteiger partial charge in [0.05, 0.1) is 12.8 Å². The molecule has 0 radical (unpaired) electrons. The normalized spacial score (nSPS) is 15.7. The Morgan fingerprint density at radius 3 is 2.28 bits per heavy atom. The van der Waals surface area contributed by atoms with Crippen molar-refractivity contribution >= 4 is 34.6 Å². The first-order valence-electron chi connectivity index (χ1n) is 7.93. The van der Waals surface area contributed by atoms with E-state index in [1.807, 2.05) is 56.5 Å². The van der Waals surface area contributed by atoms with Crippen LogP contribution in [0.3, 0.4) is 0 Å². The molecule has 0 N–H and O–H groups in total. The number of nitrogens with zero attached hydrogens (tertiary/aromatic N) is 2. The van der Waals surface area contributed by atoms with Crippen LogP contribution in [-0.2, 0) is 4.79 Å². The summed E-state index contributed by atoms with van der Waals surface area (Å²) in [7, 11) is 1.63. The molecule has 0 aromatic heterocycles. The third kappa shape index (κ3) is 3.61. The lowest BCUT2D eigenvalue weighted by Crippen LogP contribution is -2.30. The first kappa shape index (κ1) is 17.3. The number of carbonyl (C=O) groups excluding carboxylic acids is 1. The van der Waals surface area contributed by atoms with Crippen LogP contribution >= 0.6 is 11.8 Å².